The molecule has 680 valence electrons. The number of rotatable bonds is 0. The van der Waals surface area contributed by atoms with Gasteiger partial charge in [0.25, 0.3) is 0 Å². The molecule has 12 rings (SSSR count). The first kappa shape index (κ1) is 112. The molecule has 11 aromatic rings. The Morgan fingerprint density at radius 3 is 1.19 bits per heavy atom. The minimum Gasteiger partial charge on any atom is -0.448 e. The molecule has 26 heteroatoms. The van der Waals surface area contributed by atoms with Crippen molar-refractivity contribution in [3.05, 3.63) is 187 Å². The zero-order chi connectivity index (χ0) is 93.3. The van der Waals surface area contributed by atoms with Crippen molar-refractivity contribution in [3.63, 3.8) is 0 Å². The molecule has 24 nitrogen and oxygen atoms in total. The summed E-state index contributed by atoms with van der Waals surface area (Å²) in [7, 11) is 0. The lowest BCUT2D eigenvalue weighted by Gasteiger charge is -2.22. The van der Waals surface area contributed by atoms with Crippen molar-refractivity contribution in [2.24, 2.45) is 10.4 Å². The average molecular weight is 1710 g/mol. The second kappa shape index (κ2) is 46.2. The highest BCUT2D eigenvalue weighted by Crippen LogP contribution is 2.34. The topological polar surface area (TPSA) is 275 Å². The van der Waals surface area contributed by atoms with E-state index in [0.717, 1.165) is 57.9 Å². The SMILES string of the molecule is C.CC1=C(C(C)(C)C)CC=N1.Cc1ccnn1C(C)(C)C.Cc1cn[nH]c1C(C)(C)C.Cc1cncn1C(C)(C)C.Cc1cnnn1C(C)(C)C.Cc1conc1C(C)(C)C.Cc1csnc1C(C)(C)C.Cc1n[nH]nc1C(C)(C)C.Cc1nccn1C(C)(C)C.Cc1ncnn1C(C)(C)C.Cc1ocnc1C(C)(C)C.Cc1scnc1C(C)(C)C. The molecule has 0 saturated heterocycles. The molecular formula is C95H166N22O2S2. The molecule has 0 radical (unpaired) electrons. The number of aromatic nitrogens is 21. The summed E-state index contributed by atoms with van der Waals surface area (Å²) in [4.78, 5) is 26.2. The highest BCUT2D eigenvalue weighted by molar-refractivity contribution is 7.09. The van der Waals surface area contributed by atoms with Crippen LogP contribution in [0.1, 0.15) is 366 Å². The van der Waals surface area contributed by atoms with Gasteiger partial charge in [-0.25, -0.2) is 34.3 Å². The summed E-state index contributed by atoms with van der Waals surface area (Å²) in [6.45, 7) is 102. The minimum absolute atomic E-state index is 0. The van der Waals surface area contributed by atoms with E-state index in [0.29, 0.717) is 5.41 Å². The van der Waals surface area contributed by atoms with Crippen LogP contribution in [0.4, 0.5) is 0 Å². The second-order valence-corrected chi connectivity index (χ2v) is 44.4. The first-order valence-corrected chi connectivity index (χ1v) is 43.4. The third-order valence-corrected chi connectivity index (χ3v) is 19.5. The number of hydrogen-bond donors (Lipinski definition) is 2. The fraction of sp³-hybridized carbons (Fsp3) is 0.653. The predicted molar refractivity (Wildman–Crippen MR) is 510 cm³/mol. The maximum absolute atomic E-state index is 5.08. The van der Waals surface area contributed by atoms with Gasteiger partial charge in [-0.3, -0.25) is 14.8 Å². The second-order valence-electron chi connectivity index (χ2n) is 42.7. The van der Waals surface area contributed by atoms with Crippen molar-refractivity contribution >= 4 is 29.1 Å². The van der Waals surface area contributed by atoms with Gasteiger partial charge in [0.15, 0.2) is 6.39 Å². The summed E-state index contributed by atoms with van der Waals surface area (Å²) in [5.74, 6) is 2.97. The van der Waals surface area contributed by atoms with E-state index in [1.165, 1.54) is 62.1 Å². The number of imidazole rings is 2. The number of aromatic amines is 2. The van der Waals surface area contributed by atoms with Crippen LogP contribution in [0.3, 0.4) is 0 Å². The van der Waals surface area contributed by atoms with Gasteiger partial charge in [-0.05, 0) is 227 Å². The number of hydrogen-bond acceptors (Lipinski definition) is 19. The normalized spacial score (nSPS) is 12.5. The lowest BCUT2D eigenvalue weighted by Crippen LogP contribution is -2.24. The molecule has 0 aliphatic carbocycles. The van der Waals surface area contributed by atoms with Crippen LogP contribution in [0.15, 0.2) is 105 Å². The molecule has 0 saturated carbocycles. The van der Waals surface area contributed by atoms with E-state index < -0.39 is 0 Å². The Balaban J connectivity index is 0.00000130. The number of aliphatic imine (C=N–C) groups is 1. The van der Waals surface area contributed by atoms with Crippen LogP contribution in [0, 0.1) is 81.6 Å². The third kappa shape index (κ3) is 39.6. The fourth-order valence-electron chi connectivity index (χ4n) is 12.7. The first-order valence-electron chi connectivity index (χ1n) is 41.7. The molecule has 1 aliphatic heterocycles. The van der Waals surface area contributed by atoms with Crippen molar-refractivity contribution in [2.45, 2.75) is 406 Å². The Morgan fingerprint density at radius 2 is 0.992 bits per heavy atom. The highest BCUT2D eigenvalue weighted by atomic mass is 32.1. The molecule has 1 aliphatic rings. The van der Waals surface area contributed by atoms with Gasteiger partial charge in [-0.2, -0.15) is 35.1 Å². The number of thiazole rings is 1. The van der Waals surface area contributed by atoms with Gasteiger partial charge in [-0.15, -0.1) is 16.4 Å². The van der Waals surface area contributed by atoms with Crippen molar-refractivity contribution in [2.75, 3.05) is 0 Å². The third-order valence-electron chi connectivity index (χ3n) is 18.0. The molecule has 0 fully saturated rings. The molecule has 0 unspecified atom stereocenters. The Bertz CT molecular complexity index is 3800. The van der Waals surface area contributed by atoms with Crippen LogP contribution in [-0.4, -0.2) is 110 Å². The standard InChI is InChI=1S/C9H15N.4C8H14N2.2C8H13NO.2C8H13NS.3C7H13N3.CH4/c1-7-8(5-6-10-7)9(2,3)4;1-7-5-9-6-10(7)8(2,3)4;1-7-9-5-6-10(7)8(2,3)4;1-7-5-6-9-10(7)8(2,3)4;1-6-5-9-10-7(6)8(2,3)4;1-6-7(8(2,3)4)9-5-10-6;1-6-5-10-9-7(6)8(2,3)4;1-6-7(8(2,3)4)9-5-10-6;1-6-5-10-9-7(6)8(2,3)4;1-6-8-5-9-10(6)7(2,3)4;1-6-5-8-9-10(6)7(2,3)4;1-5-6(7(2,3)4)9-10-8-5;/h6H,5H2,1-4H3;3*5-6H,1-4H3;5H,1-4H3,(H,9,10);6*5H,1-4H3;1-4H3,(H,8,9,10);1H4. The van der Waals surface area contributed by atoms with E-state index in [1.807, 2.05) is 111 Å². The summed E-state index contributed by atoms with van der Waals surface area (Å²) in [6.07, 6.45) is 20.9. The number of allylic oxidation sites excluding steroid dienone is 2. The summed E-state index contributed by atoms with van der Waals surface area (Å²) in [6, 6.07) is 2.02. The Hall–Kier alpha value is -8.65. The predicted octanol–water partition coefficient (Wildman–Crippen LogP) is 25.4. The van der Waals surface area contributed by atoms with E-state index in [2.05, 4.69) is 391 Å². The van der Waals surface area contributed by atoms with Gasteiger partial charge in [0.05, 0.1) is 80.7 Å². The zero-order valence-corrected chi connectivity index (χ0v) is 85.5. The lowest BCUT2D eigenvalue weighted by atomic mass is 9.84. The van der Waals surface area contributed by atoms with Crippen molar-refractivity contribution < 1.29 is 8.94 Å². The molecule has 0 aromatic carbocycles. The number of aryl methyl sites for hydroxylation is 11. The van der Waals surface area contributed by atoms with E-state index in [-0.39, 0.29) is 67.6 Å². The van der Waals surface area contributed by atoms with Gasteiger partial charge in [0.2, 0.25) is 0 Å². The summed E-state index contributed by atoms with van der Waals surface area (Å²) in [5.41, 5.74) is 21.5. The molecule has 121 heavy (non-hydrogen) atoms. The molecule has 0 amide bonds. The first-order chi connectivity index (χ1) is 54.2. The average Bonchev–Trinajstić information content (AvgIpc) is 1.72. The van der Waals surface area contributed by atoms with E-state index >= 15 is 0 Å². The van der Waals surface area contributed by atoms with Crippen LogP contribution in [-0.2, 0) is 60.2 Å². The Labute approximate surface area is 740 Å². The number of nitrogens with zero attached hydrogens (tertiary/aromatic N) is 20. The van der Waals surface area contributed by atoms with Crippen molar-refractivity contribution in [1.29, 1.82) is 0 Å². The van der Waals surface area contributed by atoms with Gasteiger partial charge in [-0.1, -0.05) is 163 Å². The molecule has 2 N–H and O–H groups in total. The molecular weight excluding hydrogens is 1550 g/mol. The maximum Gasteiger partial charge on any atom is 0.181 e. The van der Waals surface area contributed by atoms with Gasteiger partial charge in [0, 0.05) is 120 Å². The summed E-state index contributed by atoms with van der Waals surface area (Å²) >= 11 is 3.26. The summed E-state index contributed by atoms with van der Waals surface area (Å²) < 4.78 is 24.4. The van der Waals surface area contributed by atoms with Gasteiger partial charge in [0.1, 0.15) is 30.0 Å². The smallest absolute Gasteiger partial charge is 0.181 e. The molecule has 0 bridgehead atoms. The van der Waals surface area contributed by atoms with E-state index in [1.54, 1.807) is 41.7 Å². The van der Waals surface area contributed by atoms with E-state index in [4.69, 9.17) is 8.94 Å². The fourth-order valence-corrected chi connectivity index (χ4v) is 14.3. The monoisotopic (exact) mass is 1710 g/mol. The highest BCUT2D eigenvalue weighted by Gasteiger charge is 2.26. The van der Waals surface area contributed by atoms with E-state index in [9.17, 15) is 0 Å². The lowest BCUT2D eigenvalue weighted by molar-refractivity contribution is 0.339. The largest absolute Gasteiger partial charge is 0.448 e. The Kier molecular flexibility index (Phi) is 42.9. The molecule has 11 aromatic heterocycles. The van der Waals surface area contributed by atoms with Gasteiger partial charge < -0.3 is 18.1 Å². The quantitative estimate of drug-likeness (QED) is 0.143. The Morgan fingerprint density at radius 1 is 0.455 bits per heavy atom. The van der Waals surface area contributed by atoms with Crippen LogP contribution in [0.2, 0.25) is 0 Å². The van der Waals surface area contributed by atoms with Crippen LogP contribution >= 0.6 is 22.9 Å². The van der Waals surface area contributed by atoms with Crippen molar-refractivity contribution in [3.8, 4) is 0 Å². The number of oxazole rings is 1. The van der Waals surface area contributed by atoms with Crippen molar-refractivity contribution in [1.82, 2.24) is 104 Å². The summed E-state index contributed by atoms with van der Waals surface area (Å²) in [5, 5.41) is 39.6. The molecule has 0 spiro atoms. The molecule has 0 atom stereocenters. The van der Waals surface area contributed by atoms with Crippen LogP contribution < -0.4 is 0 Å². The maximum atomic E-state index is 5.08. The zero-order valence-electron chi connectivity index (χ0n) is 83.9. The van der Waals surface area contributed by atoms with Crippen LogP contribution in [0.25, 0.3) is 0 Å². The number of nitrogens with one attached hydrogen (secondary N) is 2. The minimum atomic E-state index is 0. The van der Waals surface area contributed by atoms with Crippen LogP contribution in [0.5, 0.6) is 0 Å². The van der Waals surface area contributed by atoms with Gasteiger partial charge >= 0.3 is 0 Å². The molecule has 12 heterocycles. The number of H-pyrrole nitrogens is 2.